The van der Waals surface area contributed by atoms with Gasteiger partial charge in [-0.25, -0.2) is 8.78 Å². The molecular formula is C18H21F2N. The Labute approximate surface area is 125 Å². The molecule has 0 heterocycles. The van der Waals surface area contributed by atoms with Crippen molar-refractivity contribution in [3.05, 3.63) is 70.8 Å². The van der Waals surface area contributed by atoms with E-state index in [0.717, 1.165) is 19.0 Å². The van der Waals surface area contributed by atoms with E-state index in [0.29, 0.717) is 12.0 Å². The van der Waals surface area contributed by atoms with Crippen LogP contribution in [0.5, 0.6) is 0 Å². The molecule has 21 heavy (non-hydrogen) atoms. The van der Waals surface area contributed by atoms with Crippen LogP contribution in [-0.4, -0.2) is 6.54 Å². The molecule has 2 rings (SSSR count). The predicted molar refractivity (Wildman–Crippen MR) is 82.3 cm³/mol. The molecule has 0 amide bonds. The SMILES string of the molecule is CCCNC(Cc1ccccc1C)c1ccc(F)cc1F. The molecule has 0 aliphatic carbocycles. The molecule has 0 aromatic heterocycles. The van der Waals surface area contributed by atoms with Gasteiger partial charge in [0.1, 0.15) is 11.6 Å². The van der Waals surface area contributed by atoms with Crippen molar-refractivity contribution in [1.29, 1.82) is 0 Å². The first-order valence-electron chi connectivity index (χ1n) is 7.34. The lowest BCUT2D eigenvalue weighted by molar-refractivity contribution is 0.490. The van der Waals surface area contributed by atoms with Crippen LogP contribution in [0.25, 0.3) is 0 Å². The van der Waals surface area contributed by atoms with Gasteiger partial charge in [0.15, 0.2) is 0 Å². The topological polar surface area (TPSA) is 12.0 Å². The van der Waals surface area contributed by atoms with Crippen molar-refractivity contribution < 1.29 is 8.78 Å². The zero-order valence-corrected chi connectivity index (χ0v) is 12.5. The Morgan fingerprint density at radius 2 is 1.86 bits per heavy atom. The molecule has 112 valence electrons. The predicted octanol–water partition coefficient (Wildman–Crippen LogP) is 4.56. The number of aryl methyl sites for hydroxylation is 1. The molecule has 0 radical (unpaired) electrons. The Bertz CT molecular complexity index is 596. The molecule has 3 heteroatoms. The fourth-order valence-electron chi connectivity index (χ4n) is 2.45. The minimum atomic E-state index is -0.540. The Morgan fingerprint density at radius 1 is 1.10 bits per heavy atom. The first-order chi connectivity index (χ1) is 10.1. The van der Waals surface area contributed by atoms with Gasteiger partial charge in [0.2, 0.25) is 0 Å². The van der Waals surface area contributed by atoms with E-state index in [2.05, 4.69) is 18.3 Å². The van der Waals surface area contributed by atoms with E-state index in [1.54, 1.807) is 0 Å². The third kappa shape index (κ3) is 4.11. The number of hydrogen-bond acceptors (Lipinski definition) is 1. The van der Waals surface area contributed by atoms with E-state index >= 15 is 0 Å². The number of halogens is 2. The third-order valence-electron chi connectivity index (χ3n) is 3.66. The molecule has 0 aliphatic heterocycles. The lowest BCUT2D eigenvalue weighted by Gasteiger charge is -2.21. The van der Waals surface area contributed by atoms with Gasteiger partial charge in [0, 0.05) is 17.7 Å². The van der Waals surface area contributed by atoms with Gasteiger partial charge in [-0.05, 0) is 43.5 Å². The molecule has 2 aromatic rings. The molecule has 2 aromatic carbocycles. The van der Waals surface area contributed by atoms with Gasteiger partial charge >= 0.3 is 0 Å². The zero-order valence-electron chi connectivity index (χ0n) is 12.5. The minimum absolute atomic E-state index is 0.147. The first-order valence-corrected chi connectivity index (χ1v) is 7.34. The lowest BCUT2D eigenvalue weighted by Crippen LogP contribution is -2.25. The highest BCUT2D eigenvalue weighted by molar-refractivity contribution is 5.30. The fraction of sp³-hybridized carbons (Fsp3) is 0.333. The summed E-state index contributed by atoms with van der Waals surface area (Å²) in [6.45, 7) is 4.92. The summed E-state index contributed by atoms with van der Waals surface area (Å²) in [5.41, 5.74) is 2.88. The summed E-state index contributed by atoms with van der Waals surface area (Å²) in [6.07, 6.45) is 1.66. The zero-order chi connectivity index (χ0) is 15.2. The molecule has 1 nitrogen and oxygen atoms in total. The third-order valence-corrected chi connectivity index (χ3v) is 3.66. The Kier molecular flexibility index (Phi) is 5.45. The van der Waals surface area contributed by atoms with Crippen molar-refractivity contribution in [2.75, 3.05) is 6.54 Å². The summed E-state index contributed by atoms with van der Waals surface area (Å²) in [7, 11) is 0. The van der Waals surface area contributed by atoms with Crippen LogP contribution in [0.2, 0.25) is 0 Å². The van der Waals surface area contributed by atoms with Crippen LogP contribution in [0.1, 0.15) is 36.1 Å². The Hall–Kier alpha value is -1.74. The second-order valence-electron chi connectivity index (χ2n) is 5.30. The Balaban J connectivity index is 2.27. The molecule has 1 N–H and O–H groups in total. The van der Waals surface area contributed by atoms with Crippen LogP contribution in [0.4, 0.5) is 8.78 Å². The second kappa shape index (κ2) is 7.32. The monoisotopic (exact) mass is 289 g/mol. The molecule has 0 saturated heterocycles. The van der Waals surface area contributed by atoms with Crippen LogP contribution >= 0.6 is 0 Å². The van der Waals surface area contributed by atoms with E-state index in [1.165, 1.54) is 23.3 Å². The second-order valence-corrected chi connectivity index (χ2v) is 5.30. The van der Waals surface area contributed by atoms with Gasteiger partial charge in [0.25, 0.3) is 0 Å². The normalized spacial score (nSPS) is 12.4. The molecule has 1 unspecified atom stereocenters. The number of hydrogen-bond donors (Lipinski definition) is 1. The maximum Gasteiger partial charge on any atom is 0.130 e. The molecule has 1 atom stereocenters. The van der Waals surface area contributed by atoms with E-state index < -0.39 is 11.6 Å². The average Bonchev–Trinajstić information content (AvgIpc) is 2.46. The van der Waals surface area contributed by atoms with Crippen molar-refractivity contribution in [3.63, 3.8) is 0 Å². The summed E-state index contributed by atoms with van der Waals surface area (Å²) >= 11 is 0. The van der Waals surface area contributed by atoms with Crippen LogP contribution in [0, 0.1) is 18.6 Å². The molecule has 0 spiro atoms. The quantitative estimate of drug-likeness (QED) is 0.822. The highest BCUT2D eigenvalue weighted by Crippen LogP contribution is 2.23. The van der Waals surface area contributed by atoms with Gasteiger partial charge in [-0.2, -0.15) is 0 Å². The minimum Gasteiger partial charge on any atom is -0.310 e. The summed E-state index contributed by atoms with van der Waals surface area (Å²) in [5, 5.41) is 3.36. The van der Waals surface area contributed by atoms with Gasteiger partial charge in [-0.1, -0.05) is 37.3 Å². The highest BCUT2D eigenvalue weighted by Gasteiger charge is 2.17. The Morgan fingerprint density at radius 3 is 2.52 bits per heavy atom. The summed E-state index contributed by atoms with van der Waals surface area (Å²) in [4.78, 5) is 0. The van der Waals surface area contributed by atoms with E-state index in [9.17, 15) is 8.78 Å². The lowest BCUT2D eigenvalue weighted by atomic mass is 9.95. The number of nitrogens with one attached hydrogen (secondary N) is 1. The van der Waals surface area contributed by atoms with E-state index in [4.69, 9.17) is 0 Å². The fourth-order valence-corrected chi connectivity index (χ4v) is 2.45. The van der Waals surface area contributed by atoms with Crippen molar-refractivity contribution in [3.8, 4) is 0 Å². The molecule has 0 bridgehead atoms. The maximum atomic E-state index is 14.1. The summed E-state index contributed by atoms with van der Waals surface area (Å²) in [5.74, 6) is -1.03. The molecule has 0 fully saturated rings. The number of benzene rings is 2. The summed E-state index contributed by atoms with van der Waals surface area (Å²) < 4.78 is 27.1. The maximum absolute atomic E-state index is 14.1. The van der Waals surface area contributed by atoms with Gasteiger partial charge in [-0.15, -0.1) is 0 Å². The smallest absolute Gasteiger partial charge is 0.130 e. The molecule has 0 saturated carbocycles. The van der Waals surface area contributed by atoms with E-state index in [1.807, 2.05) is 25.1 Å². The van der Waals surface area contributed by atoms with Crippen LogP contribution < -0.4 is 5.32 Å². The van der Waals surface area contributed by atoms with Gasteiger partial charge in [-0.3, -0.25) is 0 Å². The van der Waals surface area contributed by atoms with E-state index in [-0.39, 0.29) is 6.04 Å². The van der Waals surface area contributed by atoms with Gasteiger partial charge < -0.3 is 5.32 Å². The van der Waals surface area contributed by atoms with Gasteiger partial charge in [0.05, 0.1) is 0 Å². The van der Waals surface area contributed by atoms with Crippen molar-refractivity contribution in [2.45, 2.75) is 32.7 Å². The highest BCUT2D eigenvalue weighted by atomic mass is 19.1. The van der Waals surface area contributed by atoms with Crippen LogP contribution in [0.15, 0.2) is 42.5 Å². The van der Waals surface area contributed by atoms with Crippen molar-refractivity contribution in [2.24, 2.45) is 0 Å². The first kappa shape index (κ1) is 15.6. The van der Waals surface area contributed by atoms with Crippen LogP contribution in [-0.2, 0) is 6.42 Å². The molecular weight excluding hydrogens is 268 g/mol. The average molecular weight is 289 g/mol. The number of rotatable bonds is 6. The standard InChI is InChI=1S/C18H21F2N/c1-3-10-21-18(11-14-7-5-4-6-13(14)2)16-9-8-15(19)12-17(16)20/h4-9,12,18,21H,3,10-11H2,1-2H3. The van der Waals surface area contributed by atoms with Crippen molar-refractivity contribution >= 4 is 0 Å². The van der Waals surface area contributed by atoms with Crippen LogP contribution in [0.3, 0.4) is 0 Å². The summed E-state index contributed by atoms with van der Waals surface area (Å²) in [6, 6.07) is 11.7. The largest absolute Gasteiger partial charge is 0.310 e. The van der Waals surface area contributed by atoms with Crippen molar-refractivity contribution in [1.82, 2.24) is 5.32 Å². The molecule has 0 aliphatic rings.